The van der Waals surface area contributed by atoms with Crippen LogP contribution in [0.5, 0.6) is 0 Å². The number of amides is 1. The summed E-state index contributed by atoms with van der Waals surface area (Å²) in [6, 6.07) is 9.89. The molecule has 0 aromatic heterocycles. The van der Waals surface area contributed by atoms with Crippen LogP contribution in [0.1, 0.15) is 32.3 Å². The van der Waals surface area contributed by atoms with Gasteiger partial charge in [0.25, 0.3) is 0 Å². The van der Waals surface area contributed by atoms with Crippen molar-refractivity contribution < 1.29 is 4.79 Å². The number of nitrogens with zero attached hydrogens (tertiary/aromatic N) is 1. The van der Waals surface area contributed by atoms with Gasteiger partial charge in [0.2, 0.25) is 5.91 Å². The zero-order valence-corrected chi connectivity index (χ0v) is 9.16. The number of benzene rings is 1. The first kappa shape index (κ1) is 11.4. The average molecular weight is 204 g/mol. The van der Waals surface area contributed by atoms with Crippen LogP contribution >= 0.6 is 0 Å². The minimum atomic E-state index is -0.139. The lowest BCUT2D eigenvalue weighted by Crippen LogP contribution is -2.16. The van der Waals surface area contributed by atoms with Crippen LogP contribution in [0.3, 0.4) is 0 Å². The Bertz CT molecular complexity index is 344. The van der Waals surface area contributed by atoms with Gasteiger partial charge in [-0.3, -0.25) is 4.79 Å². The van der Waals surface area contributed by atoms with Crippen molar-refractivity contribution in [2.24, 2.45) is 5.10 Å². The molecular weight excluding hydrogens is 188 g/mol. The number of carbonyl (C=O) groups excluding carboxylic acids is 1. The Labute approximate surface area is 90.2 Å². The molecule has 0 radical (unpaired) electrons. The molecule has 1 rings (SSSR count). The van der Waals surface area contributed by atoms with E-state index in [1.54, 1.807) is 0 Å². The molecule has 0 spiro atoms. The minimum absolute atomic E-state index is 0.139. The number of hydrogen-bond donors (Lipinski definition) is 1. The highest BCUT2D eigenvalue weighted by Gasteiger charge is 2.01. The highest BCUT2D eigenvalue weighted by molar-refractivity contribution is 6.00. The maximum Gasteiger partial charge on any atom is 0.236 e. The highest BCUT2D eigenvalue weighted by Crippen LogP contribution is 2.05. The second-order valence-electron chi connectivity index (χ2n) is 3.34. The Balaban J connectivity index is 2.83. The maximum absolute atomic E-state index is 10.8. The van der Waals surface area contributed by atoms with E-state index in [4.69, 9.17) is 0 Å². The molecule has 3 heteroatoms. The van der Waals surface area contributed by atoms with Gasteiger partial charge >= 0.3 is 0 Å². The third kappa shape index (κ3) is 3.94. The van der Waals surface area contributed by atoms with Crippen molar-refractivity contribution in [3.63, 3.8) is 0 Å². The first-order chi connectivity index (χ1) is 7.24. The largest absolute Gasteiger partial charge is 0.274 e. The van der Waals surface area contributed by atoms with E-state index in [1.165, 1.54) is 6.92 Å². The fraction of sp³-hybridized carbons (Fsp3) is 0.333. The monoisotopic (exact) mass is 204 g/mol. The summed E-state index contributed by atoms with van der Waals surface area (Å²) in [6.45, 7) is 3.55. The van der Waals surface area contributed by atoms with Crippen LogP contribution in [0.15, 0.2) is 35.4 Å². The van der Waals surface area contributed by atoms with Gasteiger partial charge in [0.05, 0.1) is 5.71 Å². The molecular formula is C12H16N2O. The Morgan fingerprint density at radius 1 is 1.33 bits per heavy atom. The molecule has 0 aliphatic heterocycles. The quantitative estimate of drug-likeness (QED) is 0.593. The molecule has 0 fully saturated rings. The van der Waals surface area contributed by atoms with Crippen LogP contribution in [0.25, 0.3) is 0 Å². The van der Waals surface area contributed by atoms with Crippen LogP contribution in [0, 0.1) is 0 Å². The molecule has 3 nitrogen and oxygen atoms in total. The van der Waals surface area contributed by atoms with Crippen molar-refractivity contribution in [3.05, 3.63) is 35.9 Å². The molecule has 0 saturated heterocycles. The van der Waals surface area contributed by atoms with Crippen molar-refractivity contribution in [1.82, 2.24) is 5.43 Å². The number of rotatable bonds is 4. The molecule has 15 heavy (non-hydrogen) atoms. The van der Waals surface area contributed by atoms with Crippen LogP contribution < -0.4 is 5.43 Å². The van der Waals surface area contributed by atoms with Crippen molar-refractivity contribution >= 4 is 11.6 Å². The topological polar surface area (TPSA) is 41.5 Å². The normalized spacial score (nSPS) is 11.2. The van der Waals surface area contributed by atoms with Crippen LogP contribution in [-0.4, -0.2) is 11.6 Å². The first-order valence-corrected chi connectivity index (χ1v) is 5.12. The Hall–Kier alpha value is -1.64. The SMILES string of the molecule is CCCC(=NNC(C)=O)c1ccccc1. The predicted molar refractivity (Wildman–Crippen MR) is 61.7 cm³/mol. The van der Waals surface area contributed by atoms with Crippen LogP contribution in [0.2, 0.25) is 0 Å². The van der Waals surface area contributed by atoms with E-state index in [-0.39, 0.29) is 5.91 Å². The van der Waals surface area contributed by atoms with Crippen molar-refractivity contribution in [3.8, 4) is 0 Å². The molecule has 0 aliphatic rings. The first-order valence-electron chi connectivity index (χ1n) is 5.12. The van der Waals surface area contributed by atoms with Gasteiger partial charge in [-0.05, 0) is 12.0 Å². The summed E-state index contributed by atoms with van der Waals surface area (Å²) in [7, 11) is 0. The van der Waals surface area contributed by atoms with Gasteiger partial charge < -0.3 is 0 Å². The van der Waals surface area contributed by atoms with Gasteiger partial charge in [0, 0.05) is 6.92 Å². The highest BCUT2D eigenvalue weighted by atomic mass is 16.2. The van der Waals surface area contributed by atoms with E-state index < -0.39 is 0 Å². The van der Waals surface area contributed by atoms with E-state index in [0.717, 1.165) is 24.1 Å². The van der Waals surface area contributed by atoms with Gasteiger partial charge in [0.1, 0.15) is 0 Å². The molecule has 0 bridgehead atoms. The van der Waals surface area contributed by atoms with Gasteiger partial charge in [-0.2, -0.15) is 5.10 Å². The van der Waals surface area contributed by atoms with Gasteiger partial charge in [0.15, 0.2) is 0 Å². The van der Waals surface area contributed by atoms with E-state index in [9.17, 15) is 4.79 Å². The molecule has 80 valence electrons. The number of carbonyl (C=O) groups is 1. The van der Waals surface area contributed by atoms with Crippen LogP contribution in [0.4, 0.5) is 0 Å². The fourth-order valence-corrected chi connectivity index (χ4v) is 1.28. The molecule has 0 saturated carbocycles. The standard InChI is InChI=1S/C12H16N2O/c1-3-7-12(14-13-10(2)15)11-8-5-4-6-9-11/h4-6,8-9H,3,7H2,1-2H3,(H,13,15). The molecule has 0 unspecified atom stereocenters. The van der Waals surface area contributed by atoms with Gasteiger partial charge in [-0.1, -0.05) is 43.7 Å². The lowest BCUT2D eigenvalue weighted by molar-refractivity contribution is -0.118. The maximum atomic E-state index is 10.8. The summed E-state index contributed by atoms with van der Waals surface area (Å²) in [5.41, 5.74) is 4.47. The van der Waals surface area contributed by atoms with Crippen molar-refractivity contribution in [2.45, 2.75) is 26.7 Å². The van der Waals surface area contributed by atoms with E-state index in [2.05, 4.69) is 17.5 Å². The molecule has 1 aromatic rings. The van der Waals surface area contributed by atoms with E-state index in [1.807, 2.05) is 30.3 Å². The Kier molecular flexibility index (Phi) is 4.54. The number of hydrogen-bond acceptors (Lipinski definition) is 2. The van der Waals surface area contributed by atoms with E-state index in [0.29, 0.717) is 0 Å². The summed E-state index contributed by atoms with van der Waals surface area (Å²) in [5, 5.41) is 4.10. The molecule has 1 amide bonds. The smallest absolute Gasteiger partial charge is 0.236 e. The van der Waals surface area contributed by atoms with Crippen molar-refractivity contribution in [2.75, 3.05) is 0 Å². The number of hydrazone groups is 1. The molecule has 0 aliphatic carbocycles. The number of nitrogens with one attached hydrogen (secondary N) is 1. The second kappa shape index (κ2) is 5.96. The summed E-state index contributed by atoms with van der Waals surface area (Å²) in [6.07, 6.45) is 1.87. The summed E-state index contributed by atoms with van der Waals surface area (Å²) in [4.78, 5) is 10.8. The summed E-state index contributed by atoms with van der Waals surface area (Å²) in [5.74, 6) is -0.139. The van der Waals surface area contributed by atoms with Gasteiger partial charge in [-0.25, -0.2) is 5.43 Å². The van der Waals surface area contributed by atoms with Crippen molar-refractivity contribution in [1.29, 1.82) is 0 Å². The third-order valence-electron chi connectivity index (χ3n) is 1.94. The molecule has 0 atom stereocenters. The zero-order chi connectivity index (χ0) is 11.1. The third-order valence-corrected chi connectivity index (χ3v) is 1.94. The minimum Gasteiger partial charge on any atom is -0.274 e. The summed E-state index contributed by atoms with van der Waals surface area (Å²) >= 11 is 0. The molecule has 1 N–H and O–H groups in total. The second-order valence-corrected chi connectivity index (χ2v) is 3.34. The fourth-order valence-electron chi connectivity index (χ4n) is 1.28. The molecule has 1 aromatic carbocycles. The molecule has 0 heterocycles. The summed E-state index contributed by atoms with van der Waals surface area (Å²) < 4.78 is 0. The Morgan fingerprint density at radius 3 is 2.53 bits per heavy atom. The lowest BCUT2D eigenvalue weighted by atomic mass is 10.1. The van der Waals surface area contributed by atoms with Gasteiger partial charge in [-0.15, -0.1) is 0 Å². The van der Waals surface area contributed by atoms with Crippen LogP contribution in [-0.2, 0) is 4.79 Å². The Morgan fingerprint density at radius 2 is 2.00 bits per heavy atom. The zero-order valence-electron chi connectivity index (χ0n) is 9.16. The average Bonchev–Trinajstić information content (AvgIpc) is 2.25. The lowest BCUT2D eigenvalue weighted by Gasteiger charge is -2.04. The predicted octanol–water partition coefficient (Wildman–Crippen LogP) is 2.33. The van der Waals surface area contributed by atoms with E-state index >= 15 is 0 Å².